The Morgan fingerprint density at radius 2 is 2.47 bits per heavy atom. The summed E-state index contributed by atoms with van der Waals surface area (Å²) in [5, 5.41) is 0. The predicted molar refractivity (Wildman–Crippen MR) is 55.2 cm³/mol. The van der Waals surface area contributed by atoms with Crippen molar-refractivity contribution in [2.24, 2.45) is 11.8 Å². The smallest absolute Gasteiger partial charge is 0.360 e. The molecule has 1 aliphatic carbocycles. The predicted octanol–water partition coefficient (Wildman–Crippen LogP) is 0.908. The van der Waals surface area contributed by atoms with E-state index in [-0.39, 0.29) is 5.69 Å². The van der Waals surface area contributed by atoms with Crippen molar-refractivity contribution in [1.29, 1.82) is 0 Å². The Labute approximate surface area is 88.2 Å². The number of carbonyl (C=O) groups is 1. The van der Waals surface area contributed by atoms with Crippen LogP contribution in [0.15, 0.2) is 6.33 Å². The molecule has 0 saturated heterocycles. The Bertz CT molecular complexity index is 386. The van der Waals surface area contributed by atoms with Gasteiger partial charge in [0.05, 0.1) is 13.4 Å². The zero-order chi connectivity index (χ0) is 11.0. The van der Waals surface area contributed by atoms with Crippen molar-refractivity contribution in [2.45, 2.75) is 19.9 Å². The molecule has 5 heteroatoms. The lowest BCUT2D eigenvalue weighted by Gasteiger charge is -2.03. The summed E-state index contributed by atoms with van der Waals surface area (Å²) in [4.78, 5) is 15.2. The first kappa shape index (κ1) is 10.0. The Morgan fingerprint density at radius 1 is 1.80 bits per heavy atom. The van der Waals surface area contributed by atoms with E-state index in [2.05, 4.69) is 16.6 Å². The van der Waals surface area contributed by atoms with Crippen molar-refractivity contribution in [3.63, 3.8) is 0 Å². The van der Waals surface area contributed by atoms with E-state index in [0.717, 1.165) is 12.5 Å². The molecule has 2 unspecified atom stereocenters. The molecule has 0 spiro atoms. The Kier molecular flexibility index (Phi) is 2.38. The second kappa shape index (κ2) is 3.56. The van der Waals surface area contributed by atoms with Gasteiger partial charge in [0.2, 0.25) is 0 Å². The van der Waals surface area contributed by atoms with Crippen molar-refractivity contribution in [1.82, 2.24) is 9.55 Å². The quantitative estimate of drug-likeness (QED) is 0.751. The summed E-state index contributed by atoms with van der Waals surface area (Å²) in [7, 11) is 1.32. The van der Waals surface area contributed by atoms with Gasteiger partial charge in [0.25, 0.3) is 0 Å². The number of nitrogen functional groups attached to an aromatic ring is 1. The molecule has 0 radical (unpaired) electrons. The maximum absolute atomic E-state index is 11.2. The van der Waals surface area contributed by atoms with Crippen LogP contribution >= 0.6 is 0 Å². The van der Waals surface area contributed by atoms with Crippen LogP contribution in [0.4, 0.5) is 5.82 Å². The van der Waals surface area contributed by atoms with Gasteiger partial charge in [0, 0.05) is 6.54 Å². The summed E-state index contributed by atoms with van der Waals surface area (Å²) in [5.74, 6) is 1.36. The first-order chi connectivity index (χ1) is 7.13. The number of nitrogens with two attached hydrogens (primary N) is 1. The average Bonchev–Trinajstić information content (AvgIpc) is 2.79. The second-order valence-electron chi connectivity index (χ2n) is 4.10. The number of ether oxygens (including phenoxy) is 1. The third-order valence-corrected chi connectivity index (χ3v) is 2.96. The molecule has 5 nitrogen and oxygen atoms in total. The van der Waals surface area contributed by atoms with Crippen LogP contribution < -0.4 is 5.73 Å². The fourth-order valence-corrected chi connectivity index (χ4v) is 1.70. The van der Waals surface area contributed by atoms with Crippen molar-refractivity contribution >= 4 is 11.8 Å². The third kappa shape index (κ3) is 1.82. The van der Waals surface area contributed by atoms with Crippen LogP contribution in [0.25, 0.3) is 0 Å². The van der Waals surface area contributed by atoms with Gasteiger partial charge in [0.1, 0.15) is 5.82 Å². The van der Waals surface area contributed by atoms with Gasteiger partial charge >= 0.3 is 5.97 Å². The maximum atomic E-state index is 11.2. The number of aromatic nitrogens is 2. The largest absolute Gasteiger partial charge is 0.464 e. The van der Waals surface area contributed by atoms with E-state index < -0.39 is 5.97 Å². The Hall–Kier alpha value is -1.52. The molecule has 0 amide bonds. The summed E-state index contributed by atoms with van der Waals surface area (Å²) in [6.07, 6.45) is 2.83. The molecule has 1 fully saturated rings. The van der Waals surface area contributed by atoms with Crippen LogP contribution in [0, 0.1) is 11.8 Å². The third-order valence-electron chi connectivity index (χ3n) is 2.96. The molecule has 1 heterocycles. The van der Waals surface area contributed by atoms with Gasteiger partial charge in [-0.25, -0.2) is 9.78 Å². The first-order valence-corrected chi connectivity index (χ1v) is 5.02. The lowest BCUT2D eigenvalue weighted by atomic mass is 10.3. The number of nitrogens with zero attached hydrogens (tertiary/aromatic N) is 2. The highest BCUT2D eigenvalue weighted by Gasteiger charge is 2.33. The molecule has 2 N–H and O–H groups in total. The first-order valence-electron chi connectivity index (χ1n) is 5.02. The highest BCUT2D eigenvalue weighted by Crippen LogP contribution is 2.39. The monoisotopic (exact) mass is 209 g/mol. The van der Waals surface area contributed by atoms with Crippen LogP contribution in [0.3, 0.4) is 0 Å². The Morgan fingerprint density at radius 3 is 3.00 bits per heavy atom. The lowest BCUT2D eigenvalue weighted by molar-refractivity contribution is 0.0596. The van der Waals surface area contributed by atoms with Gasteiger partial charge in [-0.05, 0) is 18.3 Å². The number of methoxy groups -OCH3 is 1. The van der Waals surface area contributed by atoms with Gasteiger partial charge in [-0.2, -0.15) is 0 Å². The van der Waals surface area contributed by atoms with Gasteiger partial charge < -0.3 is 15.0 Å². The van der Waals surface area contributed by atoms with Crippen molar-refractivity contribution in [3.8, 4) is 0 Å². The standard InChI is InChI=1S/C10H15N3O2/c1-6-3-7(6)4-13-5-12-8(9(13)11)10(14)15-2/h5-7H,3-4,11H2,1-2H3. The number of rotatable bonds is 3. The highest BCUT2D eigenvalue weighted by atomic mass is 16.5. The number of hydrogen-bond acceptors (Lipinski definition) is 4. The number of hydrogen-bond donors (Lipinski definition) is 1. The lowest BCUT2D eigenvalue weighted by Crippen LogP contribution is -2.09. The van der Waals surface area contributed by atoms with E-state index in [4.69, 9.17) is 5.73 Å². The second-order valence-corrected chi connectivity index (χ2v) is 4.10. The number of imidazole rings is 1. The minimum absolute atomic E-state index is 0.214. The van der Waals surface area contributed by atoms with Crippen LogP contribution in [0.1, 0.15) is 23.8 Å². The van der Waals surface area contributed by atoms with Crippen molar-refractivity contribution in [3.05, 3.63) is 12.0 Å². The average molecular weight is 209 g/mol. The van der Waals surface area contributed by atoms with Crippen LogP contribution in [0.2, 0.25) is 0 Å². The SMILES string of the molecule is COC(=O)c1ncn(CC2CC2C)c1N. The minimum atomic E-state index is -0.477. The molecule has 0 aliphatic heterocycles. The normalized spacial score (nSPS) is 23.9. The fourth-order valence-electron chi connectivity index (χ4n) is 1.70. The van der Waals surface area contributed by atoms with E-state index in [1.54, 1.807) is 6.33 Å². The molecule has 0 aromatic carbocycles. The summed E-state index contributed by atoms with van der Waals surface area (Å²) in [6.45, 7) is 3.05. The Balaban J connectivity index is 2.12. The summed E-state index contributed by atoms with van der Waals surface area (Å²) < 4.78 is 6.40. The minimum Gasteiger partial charge on any atom is -0.464 e. The zero-order valence-corrected chi connectivity index (χ0v) is 8.93. The molecule has 82 valence electrons. The van der Waals surface area contributed by atoms with E-state index in [1.165, 1.54) is 13.5 Å². The summed E-state index contributed by atoms with van der Waals surface area (Å²) in [5.41, 5.74) is 6.01. The molecule has 1 aromatic rings. The molecule has 2 rings (SSSR count). The summed E-state index contributed by atoms with van der Waals surface area (Å²) >= 11 is 0. The molecular formula is C10H15N3O2. The molecule has 0 bridgehead atoms. The fraction of sp³-hybridized carbons (Fsp3) is 0.600. The maximum Gasteiger partial charge on any atom is 0.360 e. The molecule has 1 aromatic heterocycles. The molecular weight excluding hydrogens is 194 g/mol. The van der Waals surface area contributed by atoms with Crippen molar-refractivity contribution in [2.75, 3.05) is 12.8 Å². The van der Waals surface area contributed by atoms with E-state index in [1.807, 2.05) is 4.57 Å². The van der Waals surface area contributed by atoms with E-state index in [9.17, 15) is 4.79 Å². The topological polar surface area (TPSA) is 70.1 Å². The van der Waals surface area contributed by atoms with E-state index in [0.29, 0.717) is 11.7 Å². The van der Waals surface area contributed by atoms with Crippen molar-refractivity contribution < 1.29 is 9.53 Å². The summed E-state index contributed by atoms with van der Waals surface area (Å²) in [6, 6.07) is 0. The van der Waals surface area contributed by atoms with Crippen LogP contribution in [-0.2, 0) is 11.3 Å². The molecule has 15 heavy (non-hydrogen) atoms. The van der Waals surface area contributed by atoms with Gasteiger partial charge in [-0.3, -0.25) is 0 Å². The van der Waals surface area contributed by atoms with E-state index >= 15 is 0 Å². The van der Waals surface area contributed by atoms with Crippen LogP contribution in [0.5, 0.6) is 0 Å². The van der Waals surface area contributed by atoms with Gasteiger partial charge in [-0.1, -0.05) is 6.92 Å². The molecule has 1 saturated carbocycles. The number of carbonyl (C=O) groups excluding carboxylic acids is 1. The number of anilines is 1. The zero-order valence-electron chi connectivity index (χ0n) is 8.93. The van der Waals surface area contributed by atoms with Crippen LogP contribution in [-0.4, -0.2) is 22.6 Å². The van der Waals surface area contributed by atoms with Gasteiger partial charge in [-0.15, -0.1) is 0 Å². The molecule has 1 aliphatic rings. The van der Waals surface area contributed by atoms with Gasteiger partial charge in [0.15, 0.2) is 5.69 Å². The number of esters is 1. The highest BCUT2D eigenvalue weighted by molar-refractivity contribution is 5.92. The molecule has 2 atom stereocenters.